The van der Waals surface area contributed by atoms with Gasteiger partial charge in [-0.2, -0.15) is 0 Å². The molecule has 0 radical (unpaired) electrons. The second-order valence-corrected chi connectivity index (χ2v) is 15.0. The van der Waals surface area contributed by atoms with E-state index in [1.54, 1.807) is 121 Å². The van der Waals surface area contributed by atoms with Crippen molar-refractivity contribution in [2.24, 2.45) is 0 Å². The monoisotopic (exact) mass is 800 g/mol. The third-order valence-electron chi connectivity index (χ3n) is 8.01. The molecule has 1 heterocycles. The maximum absolute atomic E-state index is 13.8. The zero-order valence-electron chi connectivity index (χ0n) is 27.5. The Labute approximate surface area is 305 Å². The number of benzene rings is 5. The fourth-order valence-corrected chi connectivity index (χ4v) is 8.52. The van der Waals surface area contributed by atoms with Gasteiger partial charge in [-0.3, -0.25) is 0 Å². The van der Waals surface area contributed by atoms with E-state index in [4.69, 9.17) is 23.7 Å². The number of aryl methyl sites for hydroxylation is 1. The molecular formula is C41H34O9Te. The Bertz CT molecular complexity index is 1920. The van der Waals surface area contributed by atoms with E-state index in [1.807, 2.05) is 31.2 Å². The van der Waals surface area contributed by atoms with Crippen molar-refractivity contribution in [2.45, 2.75) is 35.5 Å². The number of rotatable bonds is 11. The molecule has 0 spiro atoms. The van der Waals surface area contributed by atoms with Crippen LogP contribution in [0.2, 0.25) is 0 Å². The van der Waals surface area contributed by atoms with Crippen molar-refractivity contribution in [2.75, 3.05) is 6.61 Å². The van der Waals surface area contributed by atoms with E-state index < -0.39 is 73.4 Å². The predicted octanol–water partition coefficient (Wildman–Crippen LogP) is 5.58. The first-order chi connectivity index (χ1) is 24.9. The Morgan fingerprint density at radius 3 is 1.35 bits per heavy atom. The van der Waals surface area contributed by atoms with E-state index in [0.29, 0.717) is 5.56 Å². The Morgan fingerprint density at radius 1 is 0.510 bits per heavy atom. The van der Waals surface area contributed by atoms with Crippen LogP contribution in [0.25, 0.3) is 0 Å². The molecule has 0 saturated carbocycles. The van der Waals surface area contributed by atoms with E-state index in [1.165, 1.54) is 0 Å². The molecule has 1 aliphatic heterocycles. The number of esters is 4. The van der Waals surface area contributed by atoms with Crippen molar-refractivity contribution in [1.29, 1.82) is 0 Å². The topological polar surface area (TPSA) is 114 Å². The summed E-state index contributed by atoms with van der Waals surface area (Å²) in [5.41, 5.74) is 2.13. The van der Waals surface area contributed by atoms with Gasteiger partial charge in [-0.25, -0.2) is 0 Å². The number of ether oxygens (including phenoxy) is 5. The van der Waals surface area contributed by atoms with Crippen LogP contribution >= 0.6 is 0 Å². The van der Waals surface area contributed by atoms with E-state index in [0.717, 1.165) is 9.17 Å². The molecule has 258 valence electrons. The second kappa shape index (κ2) is 17.1. The van der Waals surface area contributed by atoms with Crippen molar-refractivity contribution in [3.8, 4) is 0 Å². The number of hydrogen-bond acceptors (Lipinski definition) is 9. The van der Waals surface area contributed by atoms with Gasteiger partial charge >= 0.3 is 307 Å². The van der Waals surface area contributed by atoms with Crippen molar-refractivity contribution in [1.82, 2.24) is 0 Å². The third-order valence-corrected chi connectivity index (χ3v) is 11.3. The van der Waals surface area contributed by atoms with Crippen LogP contribution < -0.4 is 3.61 Å². The molecule has 10 heteroatoms. The summed E-state index contributed by atoms with van der Waals surface area (Å²) < 4.78 is 31.0. The molecule has 0 aliphatic carbocycles. The Balaban J connectivity index is 1.41. The summed E-state index contributed by atoms with van der Waals surface area (Å²) in [6, 6.07) is 41.4. The first-order valence-corrected chi connectivity index (χ1v) is 18.8. The second-order valence-electron chi connectivity index (χ2n) is 11.6. The normalized spacial score (nSPS) is 19.7. The minimum atomic E-state index is -1.36. The Kier molecular flexibility index (Phi) is 11.9. The summed E-state index contributed by atoms with van der Waals surface area (Å²) >= 11 is -1.36. The molecule has 1 aliphatic rings. The van der Waals surface area contributed by atoms with Crippen molar-refractivity contribution in [3.63, 3.8) is 0 Å². The average molecular weight is 798 g/mol. The van der Waals surface area contributed by atoms with Crippen LogP contribution in [0.4, 0.5) is 0 Å². The van der Waals surface area contributed by atoms with Gasteiger partial charge in [0.25, 0.3) is 0 Å². The van der Waals surface area contributed by atoms with E-state index >= 15 is 0 Å². The summed E-state index contributed by atoms with van der Waals surface area (Å²) in [5, 5.41) is 0. The Hall–Kier alpha value is -5.27. The number of carbonyl (C=O) groups is 4. The standard InChI is InChI=1S/C41H34O9Te/c1-27-22-24-32(25-23-27)51-41-36(50-40(45)31-20-12-5-13-21-31)35(49-39(44)30-18-10-4-11-19-30)34(48-38(43)29-16-8-3-9-17-29)33(47-41)26-46-37(42)28-14-6-2-7-15-28/h2-25,33-36,41H,26H2,1H3. The van der Waals surface area contributed by atoms with Gasteiger partial charge in [0.05, 0.1) is 0 Å². The van der Waals surface area contributed by atoms with Crippen molar-refractivity contribution >= 4 is 48.4 Å². The van der Waals surface area contributed by atoms with Gasteiger partial charge in [-0.15, -0.1) is 0 Å². The van der Waals surface area contributed by atoms with Gasteiger partial charge in [-0.1, -0.05) is 0 Å². The molecule has 0 aromatic heterocycles. The van der Waals surface area contributed by atoms with E-state index in [9.17, 15) is 19.2 Å². The fraction of sp³-hybridized carbons (Fsp3) is 0.171. The van der Waals surface area contributed by atoms with Crippen molar-refractivity contribution in [3.05, 3.63) is 173 Å². The maximum atomic E-state index is 13.8. The van der Waals surface area contributed by atoms with Crippen LogP contribution in [-0.2, 0) is 23.7 Å². The van der Waals surface area contributed by atoms with Gasteiger partial charge < -0.3 is 0 Å². The van der Waals surface area contributed by atoms with E-state index in [-0.39, 0.29) is 23.3 Å². The van der Waals surface area contributed by atoms with Crippen LogP contribution in [0.1, 0.15) is 47.0 Å². The van der Waals surface area contributed by atoms with Gasteiger partial charge in [0, 0.05) is 0 Å². The summed E-state index contributed by atoms with van der Waals surface area (Å²) in [5.74, 6) is -2.74. The average Bonchev–Trinajstić information content (AvgIpc) is 3.18. The molecule has 51 heavy (non-hydrogen) atoms. The zero-order chi connectivity index (χ0) is 35.6. The summed E-state index contributed by atoms with van der Waals surface area (Å²) in [4.78, 5) is 54.2. The van der Waals surface area contributed by atoms with Crippen LogP contribution in [0, 0.1) is 6.92 Å². The molecule has 5 aromatic carbocycles. The van der Waals surface area contributed by atoms with Crippen LogP contribution in [-0.4, -0.2) is 80.0 Å². The van der Waals surface area contributed by atoms with Gasteiger partial charge in [0.2, 0.25) is 0 Å². The fourth-order valence-electron chi connectivity index (χ4n) is 5.37. The molecule has 0 N–H and O–H groups in total. The minimum absolute atomic E-state index is 0.235. The van der Waals surface area contributed by atoms with Crippen molar-refractivity contribution < 1.29 is 42.9 Å². The van der Waals surface area contributed by atoms with Gasteiger partial charge in [-0.05, 0) is 0 Å². The first-order valence-electron chi connectivity index (χ1n) is 16.2. The molecule has 9 nitrogen and oxygen atoms in total. The molecule has 6 rings (SSSR count). The Morgan fingerprint density at radius 2 is 0.902 bits per heavy atom. The van der Waals surface area contributed by atoms with E-state index in [2.05, 4.69) is 0 Å². The molecule has 1 fully saturated rings. The molecular weight excluding hydrogens is 764 g/mol. The quantitative estimate of drug-likeness (QED) is 0.0960. The number of hydrogen-bond donors (Lipinski definition) is 0. The van der Waals surface area contributed by atoms with Crippen LogP contribution in [0.15, 0.2) is 146 Å². The third kappa shape index (κ3) is 9.30. The molecule has 5 atom stereocenters. The molecule has 0 amide bonds. The molecule has 1 saturated heterocycles. The number of carbonyl (C=O) groups excluding carboxylic acids is 4. The van der Waals surface area contributed by atoms with Crippen LogP contribution in [0.5, 0.6) is 0 Å². The molecule has 5 aromatic rings. The van der Waals surface area contributed by atoms with Gasteiger partial charge in [0.1, 0.15) is 0 Å². The summed E-state index contributed by atoms with van der Waals surface area (Å²) in [7, 11) is 0. The zero-order valence-corrected chi connectivity index (χ0v) is 29.9. The summed E-state index contributed by atoms with van der Waals surface area (Å²) in [6.07, 6.45) is -5.02. The SMILES string of the molecule is Cc1ccc([Te]C2OC(COC(=O)c3ccccc3)C(OC(=O)c3ccccc3)C(OC(=O)c3ccccc3)C2OC(=O)c2ccccc2)cc1. The van der Waals surface area contributed by atoms with Gasteiger partial charge in [0.15, 0.2) is 0 Å². The first kappa shape index (κ1) is 35.6. The summed E-state index contributed by atoms with van der Waals surface area (Å²) in [6.45, 7) is 1.63. The molecule has 5 unspecified atom stereocenters. The molecule has 0 bridgehead atoms. The predicted molar refractivity (Wildman–Crippen MR) is 189 cm³/mol. The van der Waals surface area contributed by atoms with Crippen LogP contribution in [0.3, 0.4) is 0 Å².